The third-order valence-electron chi connectivity index (χ3n) is 4.77. The number of nitrogens with zero attached hydrogens (tertiary/aromatic N) is 2. The number of nitrogens with one attached hydrogen (secondary N) is 1. The number of rotatable bonds is 4. The van der Waals surface area contributed by atoms with Gasteiger partial charge in [-0.2, -0.15) is 0 Å². The number of amides is 1. The highest BCUT2D eigenvalue weighted by atomic mass is 32.2. The molecule has 1 aromatic carbocycles. The number of benzene rings is 1. The molecule has 1 N–H and O–H groups in total. The Labute approximate surface area is 157 Å². The highest BCUT2D eigenvalue weighted by Gasteiger charge is 2.37. The minimum absolute atomic E-state index is 0.0601. The van der Waals surface area contributed by atoms with Gasteiger partial charge in [-0.05, 0) is 44.4 Å². The molecule has 144 valence electrons. The summed E-state index contributed by atoms with van der Waals surface area (Å²) in [7, 11) is -3.59. The Kier molecular flexibility index (Phi) is 4.14. The number of aromatic nitrogens is 1. The number of hydrogen-bond acceptors (Lipinski definition) is 6. The highest BCUT2D eigenvalue weighted by Crippen LogP contribution is 2.39. The molecule has 0 saturated heterocycles. The van der Waals surface area contributed by atoms with Crippen LogP contribution in [0.5, 0.6) is 5.75 Å². The highest BCUT2D eigenvalue weighted by molar-refractivity contribution is 7.92. The molecule has 27 heavy (non-hydrogen) atoms. The van der Waals surface area contributed by atoms with Crippen LogP contribution in [-0.2, 0) is 14.8 Å². The third-order valence-corrected chi connectivity index (χ3v) is 5.91. The molecule has 1 saturated carbocycles. The summed E-state index contributed by atoms with van der Waals surface area (Å²) in [6.45, 7) is 3.57. The van der Waals surface area contributed by atoms with E-state index in [-0.39, 0.29) is 18.5 Å². The Balaban J connectivity index is 1.73. The van der Waals surface area contributed by atoms with Gasteiger partial charge in [0.1, 0.15) is 11.5 Å². The van der Waals surface area contributed by atoms with Crippen LogP contribution in [0.3, 0.4) is 0 Å². The molecule has 1 aliphatic heterocycles. The summed E-state index contributed by atoms with van der Waals surface area (Å²) < 4.78 is 37.0. The lowest BCUT2D eigenvalue weighted by Crippen LogP contribution is -2.50. The van der Waals surface area contributed by atoms with Gasteiger partial charge >= 0.3 is 0 Å². The smallest absolute Gasteiger partial charge is 0.263 e. The Morgan fingerprint density at radius 2 is 2.04 bits per heavy atom. The molecule has 0 spiro atoms. The minimum Gasteiger partial charge on any atom is -0.476 e. The van der Waals surface area contributed by atoms with Crippen molar-refractivity contribution in [2.24, 2.45) is 0 Å². The molecule has 1 aliphatic carbocycles. The average Bonchev–Trinajstić information content (AvgIpc) is 3.35. The van der Waals surface area contributed by atoms with Crippen LogP contribution in [0.15, 0.2) is 22.7 Å². The second kappa shape index (κ2) is 6.26. The van der Waals surface area contributed by atoms with E-state index >= 15 is 0 Å². The first-order valence-corrected chi connectivity index (χ1v) is 10.6. The summed E-state index contributed by atoms with van der Waals surface area (Å²) >= 11 is 0. The number of carbonyl (C=O) groups excluding carboxylic acids is 1. The second-order valence-electron chi connectivity index (χ2n) is 7.07. The van der Waals surface area contributed by atoms with Gasteiger partial charge < -0.3 is 14.6 Å². The molecule has 2 aliphatic rings. The van der Waals surface area contributed by atoms with Gasteiger partial charge in [-0.15, -0.1) is 0 Å². The van der Waals surface area contributed by atoms with Crippen molar-refractivity contribution in [3.63, 3.8) is 0 Å². The van der Waals surface area contributed by atoms with Gasteiger partial charge in [0.15, 0.2) is 6.10 Å². The van der Waals surface area contributed by atoms with Crippen LogP contribution >= 0.6 is 0 Å². The molecular formula is C18H21N3O5S. The summed E-state index contributed by atoms with van der Waals surface area (Å²) in [5, 5.41) is 6.82. The molecule has 2 aromatic rings. The maximum Gasteiger partial charge on any atom is 0.263 e. The van der Waals surface area contributed by atoms with Crippen molar-refractivity contribution in [3.05, 3.63) is 29.7 Å². The van der Waals surface area contributed by atoms with Crippen molar-refractivity contribution in [2.75, 3.05) is 17.1 Å². The minimum atomic E-state index is -3.59. The fourth-order valence-electron chi connectivity index (χ4n) is 3.27. The van der Waals surface area contributed by atoms with Crippen molar-refractivity contribution in [3.8, 4) is 16.9 Å². The average molecular weight is 391 g/mol. The molecule has 0 bridgehead atoms. The maximum atomic E-state index is 12.4. The summed E-state index contributed by atoms with van der Waals surface area (Å²) in [5.41, 5.74) is 2.73. The summed E-state index contributed by atoms with van der Waals surface area (Å²) in [5.74, 6) is 0.724. The number of carbonyl (C=O) groups is 1. The van der Waals surface area contributed by atoms with Crippen LogP contribution in [0.4, 0.5) is 5.69 Å². The number of anilines is 1. The summed E-state index contributed by atoms with van der Waals surface area (Å²) in [6, 6.07) is 5.41. The first-order valence-electron chi connectivity index (χ1n) is 8.76. The summed E-state index contributed by atoms with van der Waals surface area (Å²) in [4.78, 5) is 12.4. The van der Waals surface area contributed by atoms with Gasteiger partial charge in [0.2, 0.25) is 10.0 Å². The Morgan fingerprint density at radius 3 is 2.63 bits per heavy atom. The molecule has 1 amide bonds. The van der Waals surface area contributed by atoms with Gasteiger partial charge in [-0.25, -0.2) is 8.42 Å². The van der Waals surface area contributed by atoms with Gasteiger partial charge in [0, 0.05) is 11.6 Å². The van der Waals surface area contributed by atoms with Crippen LogP contribution in [0, 0.1) is 13.8 Å². The van der Waals surface area contributed by atoms with E-state index in [1.54, 1.807) is 19.1 Å². The molecule has 1 fully saturated rings. The molecule has 1 aromatic heterocycles. The maximum absolute atomic E-state index is 12.4. The Bertz CT molecular complexity index is 990. The first-order chi connectivity index (χ1) is 12.7. The number of hydrogen-bond donors (Lipinski definition) is 1. The topological polar surface area (TPSA) is 102 Å². The predicted molar refractivity (Wildman–Crippen MR) is 99.2 cm³/mol. The van der Waals surface area contributed by atoms with Crippen LogP contribution in [-0.4, -0.2) is 44.4 Å². The van der Waals surface area contributed by atoms with Crippen molar-refractivity contribution in [1.82, 2.24) is 10.5 Å². The number of ether oxygens (including phenoxy) is 1. The van der Waals surface area contributed by atoms with E-state index < -0.39 is 16.1 Å². The molecule has 8 nitrogen and oxygen atoms in total. The van der Waals surface area contributed by atoms with E-state index in [4.69, 9.17) is 9.26 Å². The van der Waals surface area contributed by atoms with Crippen molar-refractivity contribution in [1.29, 1.82) is 0 Å². The number of sulfonamides is 1. The Hall–Kier alpha value is -2.55. The third kappa shape index (κ3) is 3.39. The molecule has 1 unspecified atom stereocenters. The number of fused-ring (bicyclic) bond motifs is 1. The zero-order valence-electron chi connectivity index (χ0n) is 15.4. The quantitative estimate of drug-likeness (QED) is 0.852. The van der Waals surface area contributed by atoms with E-state index in [0.29, 0.717) is 17.2 Å². The Morgan fingerprint density at radius 1 is 1.30 bits per heavy atom. The standard InChI is InChI=1S/C18H21N3O5S/c1-10-17(11(2)26-20-10)12-4-7-15-14(8-12)21(27(3,23)24)9-16(25-15)18(22)19-13-5-6-13/h4,7-8,13,16H,5-6,9H2,1-3H3,(H,19,22). The zero-order valence-corrected chi connectivity index (χ0v) is 16.2. The van der Waals surface area contributed by atoms with Gasteiger partial charge in [0.25, 0.3) is 5.91 Å². The molecule has 1 atom stereocenters. The van der Waals surface area contributed by atoms with E-state index in [1.807, 2.05) is 13.0 Å². The van der Waals surface area contributed by atoms with Gasteiger partial charge in [-0.3, -0.25) is 9.10 Å². The lowest BCUT2D eigenvalue weighted by atomic mass is 10.0. The van der Waals surface area contributed by atoms with Crippen LogP contribution in [0.1, 0.15) is 24.3 Å². The fraction of sp³-hybridized carbons (Fsp3) is 0.444. The van der Waals surface area contributed by atoms with Gasteiger partial charge in [0.05, 0.1) is 24.2 Å². The molecular weight excluding hydrogens is 370 g/mol. The zero-order chi connectivity index (χ0) is 19.3. The SMILES string of the molecule is Cc1noc(C)c1-c1ccc2c(c1)N(S(C)(=O)=O)CC(C(=O)NC1CC1)O2. The van der Waals surface area contributed by atoms with Crippen LogP contribution in [0.25, 0.3) is 11.1 Å². The monoisotopic (exact) mass is 391 g/mol. The largest absolute Gasteiger partial charge is 0.476 e. The summed E-state index contributed by atoms with van der Waals surface area (Å²) in [6.07, 6.45) is 2.15. The molecule has 2 heterocycles. The van der Waals surface area contributed by atoms with Crippen molar-refractivity contribution in [2.45, 2.75) is 38.8 Å². The van der Waals surface area contributed by atoms with Crippen molar-refractivity contribution >= 4 is 21.6 Å². The normalized spacial score (nSPS) is 19.4. The molecule has 4 rings (SSSR count). The molecule has 0 radical (unpaired) electrons. The van der Waals surface area contributed by atoms with E-state index in [0.717, 1.165) is 35.9 Å². The van der Waals surface area contributed by atoms with E-state index in [9.17, 15) is 13.2 Å². The van der Waals surface area contributed by atoms with E-state index in [2.05, 4.69) is 10.5 Å². The first kappa shape index (κ1) is 17.8. The van der Waals surface area contributed by atoms with Gasteiger partial charge in [-0.1, -0.05) is 11.2 Å². The van der Waals surface area contributed by atoms with Crippen LogP contribution in [0.2, 0.25) is 0 Å². The van der Waals surface area contributed by atoms with E-state index in [1.165, 1.54) is 4.31 Å². The number of aryl methyl sites for hydroxylation is 2. The van der Waals surface area contributed by atoms with Crippen molar-refractivity contribution < 1.29 is 22.5 Å². The van der Waals surface area contributed by atoms with Crippen LogP contribution < -0.4 is 14.4 Å². The fourth-order valence-corrected chi connectivity index (χ4v) is 4.18. The lowest BCUT2D eigenvalue weighted by molar-refractivity contribution is -0.127. The lowest BCUT2D eigenvalue weighted by Gasteiger charge is -2.34. The second-order valence-corrected chi connectivity index (χ2v) is 8.97. The molecule has 9 heteroatoms. The predicted octanol–water partition coefficient (Wildman–Crippen LogP) is 1.76.